The highest BCUT2D eigenvalue weighted by molar-refractivity contribution is 9.10. The second-order valence-electron chi connectivity index (χ2n) is 3.06. The van der Waals surface area contributed by atoms with Crippen molar-refractivity contribution in [2.45, 2.75) is 17.8 Å². The van der Waals surface area contributed by atoms with E-state index in [-0.39, 0.29) is 17.9 Å². The Balaban J connectivity index is 3.09. The molecule has 1 aliphatic rings. The summed E-state index contributed by atoms with van der Waals surface area (Å²) in [5.74, 6) is -0.181. The van der Waals surface area contributed by atoms with Crippen molar-refractivity contribution in [2.24, 2.45) is 5.73 Å². The second kappa shape index (κ2) is 3.53. The van der Waals surface area contributed by atoms with Gasteiger partial charge < -0.3 is 5.73 Å². The molecular weight excluding hydrogens is 252 g/mol. The third kappa shape index (κ3) is 1.70. The molecule has 0 heterocycles. The third-order valence-corrected chi connectivity index (χ3v) is 3.10. The van der Waals surface area contributed by atoms with E-state index in [2.05, 4.69) is 15.9 Å². The molecule has 0 aromatic carbocycles. The summed E-state index contributed by atoms with van der Waals surface area (Å²) >= 11 is 2.95. The molecule has 0 radical (unpaired) electrons. The van der Waals surface area contributed by atoms with Gasteiger partial charge in [-0.1, -0.05) is 6.08 Å². The predicted molar refractivity (Wildman–Crippen MR) is 54.3 cm³/mol. The molecule has 1 rings (SSSR count). The molecule has 1 atom stereocenters. The summed E-state index contributed by atoms with van der Waals surface area (Å²) in [6, 6.07) is 0. The van der Waals surface area contributed by atoms with Crippen LogP contribution in [-0.4, -0.2) is 15.2 Å². The highest BCUT2D eigenvalue weighted by atomic mass is 79.9. The number of alkyl halides is 1. The number of halogens is 1. The number of nitro groups is 1. The summed E-state index contributed by atoms with van der Waals surface area (Å²) in [7, 11) is 0. The molecule has 5 nitrogen and oxygen atoms in total. The molecule has 0 bridgehead atoms. The summed E-state index contributed by atoms with van der Waals surface area (Å²) in [6.45, 7) is 1.37. The van der Waals surface area contributed by atoms with Gasteiger partial charge in [-0.2, -0.15) is 0 Å². The van der Waals surface area contributed by atoms with E-state index < -0.39 is 9.37 Å². The molecule has 2 N–H and O–H groups in total. The molecule has 14 heavy (non-hydrogen) atoms. The minimum absolute atomic E-state index is 0.0162. The van der Waals surface area contributed by atoms with Gasteiger partial charge in [0, 0.05) is 26.4 Å². The van der Waals surface area contributed by atoms with Gasteiger partial charge >= 0.3 is 4.45 Å². The molecule has 1 unspecified atom stereocenters. The average Bonchev–Trinajstić information content (AvgIpc) is 2.09. The van der Waals surface area contributed by atoms with E-state index in [1.165, 1.54) is 19.1 Å². The molecule has 6 heteroatoms. The van der Waals surface area contributed by atoms with Crippen LogP contribution in [0, 0.1) is 10.1 Å². The number of carbonyl (C=O) groups is 1. The van der Waals surface area contributed by atoms with Gasteiger partial charge in [-0.05, 0) is 13.0 Å². The van der Waals surface area contributed by atoms with Gasteiger partial charge in [0.05, 0.1) is 12.1 Å². The number of Topliss-reactive ketones (excluding diaryl/α,β-unsaturated/α-hetero) is 1. The van der Waals surface area contributed by atoms with Crippen molar-refractivity contribution >= 4 is 21.7 Å². The molecule has 1 aliphatic carbocycles. The first-order valence-corrected chi connectivity index (χ1v) is 4.68. The van der Waals surface area contributed by atoms with Gasteiger partial charge in [0.15, 0.2) is 5.78 Å². The van der Waals surface area contributed by atoms with E-state index in [1.54, 1.807) is 0 Å². The van der Waals surface area contributed by atoms with Crippen molar-refractivity contribution in [3.8, 4) is 0 Å². The zero-order valence-electron chi connectivity index (χ0n) is 7.49. The molecule has 0 saturated heterocycles. The Morgan fingerprint density at radius 1 is 1.71 bits per heavy atom. The number of nitrogens with two attached hydrogens (primary N) is 1. The van der Waals surface area contributed by atoms with Gasteiger partial charge in [-0.25, -0.2) is 0 Å². The first-order valence-electron chi connectivity index (χ1n) is 3.89. The van der Waals surface area contributed by atoms with E-state index in [4.69, 9.17) is 5.73 Å². The lowest BCUT2D eigenvalue weighted by atomic mass is 9.96. The second-order valence-corrected chi connectivity index (χ2v) is 4.38. The molecule has 0 aromatic rings. The highest BCUT2D eigenvalue weighted by Crippen LogP contribution is 2.35. The van der Waals surface area contributed by atoms with Gasteiger partial charge in [-0.15, -0.1) is 0 Å². The Labute approximate surface area is 88.9 Å². The fourth-order valence-corrected chi connectivity index (χ4v) is 1.58. The Morgan fingerprint density at radius 2 is 2.29 bits per heavy atom. The standard InChI is InChI=1S/C8H9BrN2O3/c1-5(12)6-2-3-7(10)8(9,4-6)11(13)14/h2-3H,4,10H2,1H3. The number of hydrogen-bond acceptors (Lipinski definition) is 4. The SMILES string of the molecule is CC(=O)C1=CC=C(N)C(Br)([N+](=O)[O-])C1. The number of nitrogens with zero attached hydrogens (tertiary/aromatic N) is 1. The van der Waals surface area contributed by atoms with E-state index in [9.17, 15) is 14.9 Å². The van der Waals surface area contributed by atoms with Crippen molar-refractivity contribution < 1.29 is 9.72 Å². The average molecular weight is 261 g/mol. The van der Waals surface area contributed by atoms with Gasteiger partial charge in [0.1, 0.15) is 0 Å². The van der Waals surface area contributed by atoms with E-state index in [1.807, 2.05) is 0 Å². The van der Waals surface area contributed by atoms with Crippen molar-refractivity contribution in [1.29, 1.82) is 0 Å². The first kappa shape index (κ1) is 10.9. The maximum absolute atomic E-state index is 11.0. The summed E-state index contributed by atoms with van der Waals surface area (Å²) in [5, 5.41) is 10.8. The molecule has 0 aliphatic heterocycles. The van der Waals surface area contributed by atoms with Gasteiger partial charge in [-0.3, -0.25) is 14.9 Å². The number of carbonyl (C=O) groups excluding carboxylic acids is 1. The van der Waals surface area contributed by atoms with Crippen LogP contribution in [0.4, 0.5) is 0 Å². The zero-order chi connectivity index (χ0) is 10.9. The van der Waals surface area contributed by atoms with Crippen LogP contribution in [0.5, 0.6) is 0 Å². The fourth-order valence-electron chi connectivity index (χ4n) is 1.14. The number of ketones is 1. The zero-order valence-corrected chi connectivity index (χ0v) is 9.08. The molecule has 0 fully saturated rings. The lowest BCUT2D eigenvalue weighted by molar-refractivity contribution is -0.524. The summed E-state index contributed by atoms with van der Waals surface area (Å²) < 4.78 is -1.53. The molecule has 0 saturated carbocycles. The summed E-state index contributed by atoms with van der Waals surface area (Å²) in [4.78, 5) is 21.3. The van der Waals surface area contributed by atoms with Crippen molar-refractivity contribution in [3.05, 3.63) is 33.5 Å². The van der Waals surface area contributed by atoms with Gasteiger partial charge in [0.2, 0.25) is 0 Å². The van der Waals surface area contributed by atoms with Crippen LogP contribution < -0.4 is 5.73 Å². The molecular formula is C8H9BrN2O3. The van der Waals surface area contributed by atoms with E-state index in [0.717, 1.165) is 0 Å². The van der Waals surface area contributed by atoms with Crippen LogP contribution in [0.1, 0.15) is 13.3 Å². The topological polar surface area (TPSA) is 86.2 Å². The quantitative estimate of drug-likeness (QED) is 0.349. The predicted octanol–water partition coefficient (Wildman–Crippen LogP) is 1.12. The maximum atomic E-state index is 11.0. The smallest absolute Gasteiger partial charge is 0.317 e. The monoisotopic (exact) mass is 260 g/mol. The van der Waals surface area contributed by atoms with Crippen LogP contribution in [-0.2, 0) is 4.79 Å². The van der Waals surface area contributed by atoms with Crippen LogP contribution in [0.2, 0.25) is 0 Å². The van der Waals surface area contributed by atoms with Crippen molar-refractivity contribution in [3.63, 3.8) is 0 Å². The Bertz CT molecular complexity index is 362. The summed E-state index contributed by atoms with van der Waals surface area (Å²) in [6.07, 6.45) is 2.89. The molecule has 76 valence electrons. The highest BCUT2D eigenvalue weighted by Gasteiger charge is 2.45. The maximum Gasteiger partial charge on any atom is 0.317 e. The van der Waals surface area contributed by atoms with Crippen LogP contribution >= 0.6 is 15.9 Å². The van der Waals surface area contributed by atoms with E-state index >= 15 is 0 Å². The third-order valence-electron chi connectivity index (χ3n) is 2.07. The number of rotatable bonds is 2. The molecule has 0 aromatic heterocycles. The normalized spacial score (nSPS) is 26.4. The number of allylic oxidation sites excluding steroid dienone is 2. The lowest BCUT2D eigenvalue weighted by Crippen LogP contribution is -2.39. The Kier molecular flexibility index (Phi) is 2.75. The lowest BCUT2D eigenvalue weighted by Gasteiger charge is -2.22. The van der Waals surface area contributed by atoms with Crippen LogP contribution in [0.3, 0.4) is 0 Å². The van der Waals surface area contributed by atoms with Crippen LogP contribution in [0.15, 0.2) is 23.4 Å². The van der Waals surface area contributed by atoms with Crippen LogP contribution in [0.25, 0.3) is 0 Å². The van der Waals surface area contributed by atoms with Gasteiger partial charge in [0.25, 0.3) is 0 Å². The largest absolute Gasteiger partial charge is 0.395 e. The Hall–Kier alpha value is -1.17. The first-order chi connectivity index (χ1) is 6.38. The number of hydrogen-bond donors (Lipinski definition) is 1. The van der Waals surface area contributed by atoms with E-state index in [0.29, 0.717) is 5.57 Å². The van der Waals surface area contributed by atoms with Crippen molar-refractivity contribution in [2.75, 3.05) is 0 Å². The minimum Gasteiger partial charge on any atom is -0.395 e. The summed E-state index contributed by atoms with van der Waals surface area (Å²) in [5.41, 5.74) is 5.99. The molecule has 0 spiro atoms. The minimum atomic E-state index is -1.53. The molecule has 0 amide bonds. The Morgan fingerprint density at radius 3 is 2.71 bits per heavy atom. The fraction of sp³-hybridized carbons (Fsp3) is 0.375. The van der Waals surface area contributed by atoms with Crippen molar-refractivity contribution in [1.82, 2.24) is 0 Å².